The van der Waals surface area contributed by atoms with Gasteiger partial charge >= 0.3 is 0 Å². The monoisotopic (exact) mass is 253 g/mol. The summed E-state index contributed by atoms with van der Waals surface area (Å²) in [7, 11) is 0. The molecular formula is C11H9BrFN. The predicted molar refractivity (Wildman–Crippen MR) is 55.2 cm³/mol. The summed E-state index contributed by atoms with van der Waals surface area (Å²) in [5, 5.41) is 9.08. The van der Waals surface area contributed by atoms with Crippen molar-refractivity contribution in [2.24, 2.45) is 0 Å². The zero-order valence-corrected chi connectivity index (χ0v) is 9.14. The Hall–Kier alpha value is -0.880. The lowest BCUT2D eigenvalue weighted by atomic mass is 9.65. The molecule has 72 valence electrons. The Morgan fingerprint density at radius 3 is 2.50 bits per heavy atom. The molecule has 0 radical (unpaired) electrons. The molecule has 0 heterocycles. The molecular weight excluding hydrogens is 245 g/mol. The van der Waals surface area contributed by atoms with Crippen LogP contribution in [0.15, 0.2) is 22.7 Å². The quantitative estimate of drug-likeness (QED) is 0.752. The highest BCUT2D eigenvalue weighted by Gasteiger charge is 2.39. The van der Waals surface area contributed by atoms with Gasteiger partial charge < -0.3 is 0 Å². The van der Waals surface area contributed by atoms with Crippen molar-refractivity contribution in [2.45, 2.75) is 24.7 Å². The van der Waals surface area contributed by atoms with E-state index in [0.29, 0.717) is 4.47 Å². The number of halogens is 2. The van der Waals surface area contributed by atoms with Gasteiger partial charge in [0.25, 0.3) is 0 Å². The van der Waals surface area contributed by atoms with E-state index in [1.165, 1.54) is 12.1 Å². The maximum absolute atomic E-state index is 13.1. The van der Waals surface area contributed by atoms with Crippen LogP contribution in [0.2, 0.25) is 0 Å². The average molecular weight is 254 g/mol. The van der Waals surface area contributed by atoms with Crippen LogP contribution in [0.3, 0.4) is 0 Å². The number of hydrogen-bond acceptors (Lipinski definition) is 1. The lowest BCUT2D eigenvalue weighted by molar-refractivity contribution is 0.323. The minimum Gasteiger partial charge on any atom is -0.207 e. The highest BCUT2D eigenvalue weighted by Crippen LogP contribution is 2.43. The van der Waals surface area contributed by atoms with Crippen LogP contribution >= 0.6 is 15.9 Å². The van der Waals surface area contributed by atoms with Gasteiger partial charge in [0.15, 0.2) is 0 Å². The molecule has 14 heavy (non-hydrogen) atoms. The Labute approximate surface area is 90.7 Å². The van der Waals surface area contributed by atoms with Crippen molar-refractivity contribution in [3.63, 3.8) is 0 Å². The summed E-state index contributed by atoms with van der Waals surface area (Å²) in [4.78, 5) is 0. The van der Waals surface area contributed by atoms with E-state index in [0.717, 1.165) is 24.8 Å². The van der Waals surface area contributed by atoms with Gasteiger partial charge in [0.2, 0.25) is 0 Å². The minimum atomic E-state index is -0.426. The van der Waals surface area contributed by atoms with Crippen LogP contribution in [0.4, 0.5) is 4.39 Å². The molecule has 0 aliphatic heterocycles. The number of nitriles is 1. The molecule has 0 spiro atoms. The van der Waals surface area contributed by atoms with Gasteiger partial charge in [0, 0.05) is 4.47 Å². The Balaban J connectivity index is 2.46. The van der Waals surface area contributed by atoms with Gasteiger partial charge in [-0.05, 0) is 43.0 Å². The van der Waals surface area contributed by atoms with Crippen molar-refractivity contribution in [1.82, 2.24) is 0 Å². The first kappa shape index (κ1) is 9.67. The van der Waals surface area contributed by atoms with Crippen LogP contribution in [0.5, 0.6) is 0 Å². The molecule has 0 unspecified atom stereocenters. The molecule has 1 aliphatic carbocycles. The molecule has 1 aliphatic rings. The van der Waals surface area contributed by atoms with Crippen molar-refractivity contribution < 1.29 is 4.39 Å². The molecule has 2 rings (SSSR count). The number of rotatable bonds is 1. The number of hydrogen-bond donors (Lipinski definition) is 0. The second kappa shape index (κ2) is 3.36. The smallest absolute Gasteiger partial charge is 0.124 e. The van der Waals surface area contributed by atoms with E-state index in [4.69, 9.17) is 5.26 Å². The van der Waals surface area contributed by atoms with Crippen LogP contribution in [0.25, 0.3) is 0 Å². The van der Waals surface area contributed by atoms with Crippen molar-refractivity contribution in [3.8, 4) is 6.07 Å². The first-order valence-electron chi connectivity index (χ1n) is 4.54. The van der Waals surface area contributed by atoms with Crippen molar-refractivity contribution in [2.75, 3.05) is 0 Å². The number of benzene rings is 1. The predicted octanol–water partition coefficient (Wildman–Crippen LogP) is 3.53. The summed E-state index contributed by atoms with van der Waals surface area (Å²) >= 11 is 3.24. The summed E-state index contributed by atoms with van der Waals surface area (Å²) in [5.41, 5.74) is 0.378. The summed E-state index contributed by atoms with van der Waals surface area (Å²) in [6.45, 7) is 0. The zero-order valence-electron chi connectivity index (χ0n) is 7.56. The minimum absolute atomic E-state index is 0.282. The number of nitrogens with zero attached hydrogens (tertiary/aromatic N) is 1. The molecule has 1 aromatic carbocycles. The van der Waals surface area contributed by atoms with Crippen molar-refractivity contribution in [1.29, 1.82) is 5.26 Å². The van der Waals surface area contributed by atoms with Gasteiger partial charge in [-0.25, -0.2) is 4.39 Å². The zero-order chi connectivity index (χ0) is 10.2. The molecule has 0 aromatic heterocycles. The van der Waals surface area contributed by atoms with Gasteiger partial charge in [0.1, 0.15) is 5.82 Å². The topological polar surface area (TPSA) is 23.8 Å². The first-order chi connectivity index (χ1) is 6.66. The van der Waals surface area contributed by atoms with E-state index in [-0.39, 0.29) is 5.82 Å². The van der Waals surface area contributed by atoms with Gasteiger partial charge in [-0.2, -0.15) is 5.26 Å². The van der Waals surface area contributed by atoms with Gasteiger partial charge in [0.05, 0.1) is 11.5 Å². The Morgan fingerprint density at radius 1 is 1.36 bits per heavy atom. The van der Waals surface area contributed by atoms with E-state index >= 15 is 0 Å². The third-order valence-electron chi connectivity index (χ3n) is 2.84. The van der Waals surface area contributed by atoms with Crippen LogP contribution < -0.4 is 0 Å². The van der Waals surface area contributed by atoms with Crippen LogP contribution in [0, 0.1) is 17.1 Å². The highest BCUT2D eigenvalue weighted by molar-refractivity contribution is 9.10. The Kier molecular flexibility index (Phi) is 2.32. The molecule has 0 amide bonds. The standard InChI is InChI=1S/C11H9BrFN/c12-9-4-8(5-10(13)6-9)11(7-14)2-1-3-11/h4-6H,1-3H2. The van der Waals surface area contributed by atoms with Crippen molar-refractivity contribution in [3.05, 3.63) is 34.1 Å². The molecule has 1 nitrogen and oxygen atoms in total. The fraction of sp³-hybridized carbons (Fsp3) is 0.364. The van der Waals surface area contributed by atoms with E-state index in [9.17, 15) is 4.39 Å². The summed E-state index contributed by atoms with van der Waals surface area (Å²) in [6.07, 6.45) is 2.75. The lowest BCUT2D eigenvalue weighted by Crippen LogP contribution is -2.32. The maximum Gasteiger partial charge on any atom is 0.124 e. The first-order valence-corrected chi connectivity index (χ1v) is 5.33. The molecule has 0 N–H and O–H groups in total. The second-order valence-corrected chi connectivity index (χ2v) is 4.62. The van der Waals surface area contributed by atoms with E-state index in [1.54, 1.807) is 0 Å². The average Bonchev–Trinajstić information content (AvgIpc) is 2.01. The molecule has 0 saturated heterocycles. The Bertz CT molecular complexity index is 384. The molecule has 0 bridgehead atoms. The van der Waals surface area contributed by atoms with E-state index < -0.39 is 5.41 Å². The fourth-order valence-corrected chi connectivity index (χ4v) is 2.29. The summed E-state index contributed by atoms with van der Waals surface area (Å²) in [6, 6.07) is 7.01. The summed E-state index contributed by atoms with van der Waals surface area (Å²) < 4.78 is 13.8. The Morgan fingerprint density at radius 2 is 2.07 bits per heavy atom. The van der Waals surface area contributed by atoms with Crippen LogP contribution in [-0.2, 0) is 5.41 Å². The second-order valence-electron chi connectivity index (χ2n) is 3.71. The molecule has 3 heteroatoms. The fourth-order valence-electron chi connectivity index (χ4n) is 1.83. The summed E-state index contributed by atoms with van der Waals surface area (Å²) in [5.74, 6) is -0.282. The largest absolute Gasteiger partial charge is 0.207 e. The van der Waals surface area contributed by atoms with E-state index in [2.05, 4.69) is 22.0 Å². The lowest BCUT2D eigenvalue weighted by Gasteiger charge is -2.35. The highest BCUT2D eigenvalue weighted by atomic mass is 79.9. The molecule has 0 atom stereocenters. The van der Waals surface area contributed by atoms with Crippen LogP contribution in [-0.4, -0.2) is 0 Å². The van der Waals surface area contributed by atoms with Gasteiger partial charge in [-0.3, -0.25) is 0 Å². The molecule has 1 saturated carbocycles. The molecule has 1 aromatic rings. The normalized spacial score (nSPS) is 18.4. The third kappa shape index (κ3) is 1.44. The van der Waals surface area contributed by atoms with Gasteiger partial charge in [-0.1, -0.05) is 15.9 Å². The van der Waals surface area contributed by atoms with Gasteiger partial charge in [-0.15, -0.1) is 0 Å². The molecule has 1 fully saturated rings. The maximum atomic E-state index is 13.1. The SMILES string of the molecule is N#CC1(c2cc(F)cc(Br)c2)CCC1. The van der Waals surface area contributed by atoms with E-state index in [1.807, 2.05) is 6.07 Å². The van der Waals surface area contributed by atoms with Crippen molar-refractivity contribution >= 4 is 15.9 Å². The van der Waals surface area contributed by atoms with Crippen LogP contribution in [0.1, 0.15) is 24.8 Å². The third-order valence-corrected chi connectivity index (χ3v) is 3.29.